The summed E-state index contributed by atoms with van der Waals surface area (Å²) in [5.74, 6) is 0. The van der Waals surface area contributed by atoms with Crippen LogP contribution in [-0.2, 0) is 0 Å². The van der Waals surface area contributed by atoms with Crippen LogP contribution in [0, 0.1) is 0 Å². The van der Waals surface area contributed by atoms with Crippen molar-refractivity contribution in [3.63, 3.8) is 0 Å². The van der Waals surface area contributed by atoms with Crippen molar-refractivity contribution in [2.45, 2.75) is 0 Å². The second-order valence-electron chi connectivity index (χ2n) is 3.18. The summed E-state index contributed by atoms with van der Waals surface area (Å²) in [6.45, 7) is 0. The summed E-state index contributed by atoms with van der Waals surface area (Å²) in [6, 6.07) is 5.31. The van der Waals surface area contributed by atoms with Gasteiger partial charge in [0.15, 0.2) is 5.11 Å². The van der Waals surface area contributed by atoms with Gasteiger partial charge in [0, 0.05) is 12.4 Å². The van der Waals surface area contributed by atoms with E-state index in [1.807, 2.05) is 6.07 Å². The number of nitrogens with zero attached hydrogens (tertiary/aromatic N) is 3. The Morgan fingerprint density at radius 3 is 3.18 bits per heavy atom. The summed E-state index contributed by atoms with van der Waals surface area (Å²) in [4.78, 5) is 16.1. The number of hydrogen-bond acceptors (Lipinski definition) is 4. The lowest BCUT2D eigenvalue weighted by molar-refractivity contribution is 1.02. The van der Waals surface area contributed by atoms with Gasteiger partial charge in [-0.1, -0.05) is 6.07 Å². The van der Waals surface area contributed by atoms with Crippen molar-refractivity contribution in [3.8, 4) is 0 Å². The van der Waals surface area contributed by atoms with Gasteiger partial charge in [0.25, 0.3) is 5.56 Å². The maximum atomic E-state index is 11.9. The van der Waals surface area contributed by atoms with Gasteiger partial charge >= 0.3 is 0 Å². The lowest BCUT2D eigenvalue weighted by Crippen LogP contribution is -2.25. The van der Waals surface area contributed by atoms with Crippen molar-refractivity contribution in [1.82, 2.24) is 14.8 Å². The minimum atomic E-state index is -0.205. The zero-order valence-electron chi connectivity index (χ0n) is 8.70. The van der Waals surface area contributed by atoms with Gasteiger partial charge in [0.1, 0.15) is 5.65 Å². The van der Waals surface area contributed by atoms with E-state index in [0.717, 1.165) is 0 Å². The highest BCUT2D eigenvalue weighted by atomic mass is 32.1. The van der Waals surface area contributed by atoms with Crippen LogP contribution in [0.3, 0.4) is 0 Å². The van der Waals surface area contributed by atoms with Crippen LogP contribution in [0.4, 0.5) is 0 Å². The Bertz CT molecular complexity index is 648. The maximum Gasteiger partial charge on any atom is 0.266 e. The van der Waals surface area contributed by atoms with Crippen molar-refractivity contribution in [2.75, 3.05) is 0 Å². The zero-order valence-corrected chi connectivity index (χ0v) is 9.52. The second-order valence-corrected chi connectivity index (χ2v) is 3.62. The van der Waals surface area contributed by atoms with Gasteiger partial charge in [-0.25, -0.2) is 4.98 Å². The lowest BCUT2D eigenvalue weighted by Gasteiger charge is -1.99. The number of hydrazone groups is 1. The highest BCUT2D eigenvalue weighted by Crippen LogP contribution is 1.95. The zero-order chi connectivity index (χ0) is 12.3. The van der Waals surface area contributed by atoms with Gasteiger partial charge in [0.2, 0.25) is 0 Å². The van der Waals surface area contributed by atoms with Crippen molar-refractivity contribution in [1.29, 1.82) is 0 Å². The molecular weight excluding hydrogens is 238 g/mol. The predicted octanol–water partition coefficient (Wildman–Crippen LogP) is -0.138. The van der Waals surface area contributed by atoms with E-state index in [0.29, 0.717) is 11.2 Å². The first kappa shape index (κ1) is 11.2. The van der Waals surface area contributed by atoms with Crippen LogP contribution < -0.4 is 16.7 Å². The van der Waals surface area contributed by atoms with E-state index >= 15 is 0 Å². The van der Waals surface area contributed by atoms with Crippen LogP contribution in [0.5, 0.6) is 0 Å². The summed E-state index contributed by atoms with van der Waals surface area (Å²) < 4.78 is 1.43. The summed E-state index contributed by atoms with van der Waals surface area (Å²) in [6.07, 6.45) is 4.42. The highest BCUT2D eigenvalue weighted by Gasteiger charge is 2.01. The molecule has 0 bridgehead atoms. The topological polar surface area (TPSA) is 84.8 Å². The van der Waals surface area contributed by atoms with Crippen molar-refractivity contribution < 1.29 is 0 Å². The molecule has 0 aliphatic carbocycles. The maximum absolute atomic E-state index is 11.9. The summed E-state index contributed by atoms with van der Waals surface area (Å²) >= 11 is 4.57. The largest absolute Gasteiger partial charge is 0.375 e. The first-order chi connectivity index (χ1) is 8.18. The van der Waals surface area contributed by atoms with Crippen molar-refractivity contribution >= 4 is 29.2 Å². The first-order valence-corrected chi connectivity index (χ1v) is 5.14. The molecule has 2 aromatic heterocycles. The van der Waals surface area contributed by atoms with Gasteiger partial charge in [-0.3, -0.25) is 14.6 Å². The molecule has 6 nitrogen and oxygen atoms in total. The quantitative estimate of drug-likeness (QED) is 0.438. The van der Waals surface area contributed by atoms with Crippen LogP contribution >= 0.6 is 12.2 Å². The summed E-state index contributed by atoms with van der Waals surface area (Å²) in [7, 11) is 0. The van der Waals surface area contributed by atoms with E-state index in [9.17, 15) is 4.79 Å². The molecule has 0 amide bonds. The normalized spacial score (nSPS) is 10.8. The lowest BCUT2D eigenvalue weighted by atomic mass is 10.3. The van der Waals surface area contributed by atoms with E-state index in [2.05, 4.69) is 27.7 Å². The van der Waals surface area contributed by atoms with Crippen LogP contribution in [0.25, 0.3) is 5.65 Å². The van der Waals surface area contributed by atoms with E-state index in [1.54, 1.807) is 18.3 Å². The van der Waals surface area contributed by atoms with Crippen LogP contribution in [-0.4, -0.2) is 20.7 Å². The smallest absolute Gasteiger partial charge is 0.266 e. The molecule has 0 aliphatic rings. The monoisotopic (exact) mass is 247 g/mol. The fourth-order valence-corrected chi connectivity index (χ4v) is 1.35. The molecule has 0 atom stereocenters. The van der Waals surface area contributed by atoms with Gasteiger partial charge in [-0.2, -0.15) is 5.10 Å². The number of nitrogens with one attached hydrogen (secondary N) is 1. The molecule has 3 N–H and O–H groups in total. The van der Waals surface area contributed by atoms with Crippen molar-refractivity contribution in [3.05, 3.63) is 46.5 Å². The Hall–Kier alpha value is -2.28. The summed E-state index contributed by atoms with van der Waals surface area (Å²) in [5, 5.41) is 3.75. The number of fused-ring (bicyclic) bond motifs is 1. The van der Waals surface area contributed by atoms with Crippen molar-refractivity contribution in [2.24, 2.45) is 10.8 Å². The molecule has 86 valence electrons. The standard InChI is InChI=1S/C10H9N5OS/c11-10(17)14-13-6-7-5-12-8-3-1-2-4-15(8)9(7)16/h1-6H,(H3,11,14,17)/b13-6+. The molecule has 0 unspecified atom stereocenters. The van der Waals surface area contributed by atoms with Gasteiger partial charge in [-0.15, -0.1) is 0 Å². The number of hydrogen-bond donors (Lipinski definition) is 2. The van der Waals surface area contributed by atoms with E-state index in [1.165, 1.54) is 16.8 Å². The molecule has 2 aromatic rings. The molecule has 0 aliphatic heterocycles. The van der Waals surface area contributed by atoms with Crippen LogP contribution in [0.2, 0.25) is 0 Å². The van der Waals surface area contributed by atoms with E-state index in [4.69, 9.17) is 5.73 Å². The van der Waals surface area contributed by atoms with E-state index < -0.39 is 0 Å². The molecule has 0 saturated carbocycles. The van der Waals surface area contributed by atoms with Crippen LogP contribution in [0.1, 0.15) is 5.56 Å². The Morgan fingerprint density at radius 1 is 1.59 bits per heavy atom. The highest BCUT2D eigenvalue weighted by molar-refractivity contribution is 7.80. The third kappa shape index (κ3) is 2.45. The number of rotatable bonds is 2. The average molecular weight is 247 g/mol. The number of thiocarbonyl (C=S) groups is 1. The molecule has 0 radical (unpaired) electrons. The van der Waals surface area contributed by atoms with Gasteiger partial charge in [0.05, 0.1) is 11.8 Å². The molecule has 0 aromatic carbocycles. The van der Waals surface area contributed by atoms with Crippen LogP contribution in [0.15, 0.2) is 40.5 Å². The third-order valence-corrected chi connectivity index (χ3v) is 2.11. The molecule has 2 heterocycles. The molecule has 2 rings (SSSR count). The third-order valence-electron chi connectivity index (χ3n) is 2.02. The van der Waals surface area contributed by atoms with Gasteiger partial charge < -0.3 is 5.73 Å². The fraction of sp³-hybridized carbons (Fsp3) is 0. The number of nitrogens with two attached hydrogens (primary N) is 1. The van der Waals surface area contributed by atoms with Gasteiger partial charge in [-0.05, 0) is 24.4 Å². The molecular formula is C10H9N5OS. The predicted molar refractivity (Wildman–Crippen MR) is 69.0 cm³/mol. The Kier molecular flexibility index (Phi) is 3.10. The Morgan fingerprint density at radius 2 is 2.41 bits per heavy atom. The molecule has 17 heavy (non-hydrogen) atoms. The minimum Gasteiger partial charge on any atom is -0.375 e. The number of aromatic nitrogens is 2. The number of pyridine rings is 1. The average Bonchev–Trinajstić information content (AvgIpc) is 2.32. The SMILES string of the molecule is NC(=S)N/N=C/c1cnc2ccccn2c1=O. The molecule has 0 fully saturated rings. The molecule has 0 saturated heterocycles. The Balaban J connectivity index is 2.43. The first-order valence-electron chi connectivity index (χ1n) is 4.73. The summed E-state index contributed by atoms with van der Waals surface area (Å²) in [5.41, 5.74) is 8.29. The Labute approximate surface area is 102 Å². The molecule has 7 heteroatoms. The molecule has 0 spiro atoms. The van der Waals surface area contributed by atoms with E-state index in [-0.39, 0.29) is 10.7 Å². The minimum absolute atomic E-state index is 0.0371. The second kappa shape index (κ2) is 4.71. The fourth-order valence-electron chi connectivity index (χ4n) is 1.29.